The second kappa shape index (κ2) is 8.10. The zero-order chi connectivity index (χ0) is 21.1. The van der Waals surface area contributed by atoms with Crippen LogP contribution in [0.3, 0.4) is 0 Å². The van der Waals surface area contributed by atoms with Gasteiger partial charge in [0.15, 0.2) is 11.5 Å². The molecule has 154 valence electrons. The number of ether oxygens (including phenoxy) is 2. The summed E-state index contributed by atoms with van der Waals surface area (Å²) in [5.74, 6) is 1.65. The first kappa shape index (κ1) is 19.8. The summed E-state index contributed by atoms with van der Waals surface area (Å²) in [6.07, 6.45) is -4.39. The van der Waals surface area contributed by atoms with Gasteiger partial charge in [0.2, 0.25) is 0 Å². The zero-order valence-corrected chi connectivity index (χ0v) is 16.2. The van der Waals surface area contributed by atoms with Crippen molar-refractivity contribution in [3.63, 3.8) is 0 Å². The van der Waals surface area contributed by atoms with Gasteiger partial charge in [0.1, 0.15) is 12.4 Å². The Morgan fingerprint density at radius 2 is 1.73 bits per heavy atom. The maximum Gasteiger partial charge on any atom is 0.416 e. The lowest BCUT2D eigenvalue weighted by molar-refractivity contribution is -0.137. The number of aromatic nitrogens is 2. The Hall–Kier alpha value is -3.48. The van der Waals surface area contributed by atoms with Crippen LogP contribution >= 0.6 is 0 Å². The van der Waals surface area contributed by atoms with Crippen molar-refractivity contribution >= 4 is 11.0 Å². The Morgan fingerprint density at radius 3 is 2.50 bits per heavy atom. The van der Waals surface area contributed by atoms with E-state index >= 15 is 0 Å². The molecule has 4 rings (SSSR count). The van der Waals surface area contributed by atoms with Crippen molar-refractivity contribution in [3.05, 3.63) is 77.9 Å². The minimum absolute atomic E-state index is 0.00597. The third-order valence-corrected chi connectivity index (χ3v) is 4.56. The Bertz CT molecular complexity index is 1140. The van der Waals surface area contributed by atoms with Crippen molar-refractivity contribution in [2.75, 3.05) is 6.61 Å². The van der Waals surface area contributed by atoms with Crippen LogP contribution in [0.5, 0.6) is 11.5 Å². The number of halogens is 3. The van der Waals surface area contributed by atoms with Gasteiger partial charge in [0, 0.05) is 5.56 Å². The van der Waals surface area contributed by atoms with Crippen LogP contribution in [0.2, 0.25) is 0 Å². The van der Waals surface area contributed by atoms with E-state index in [-0.39, 0.29) is 6.61 Å². The summed E-state index contributed by atoms with van der Waals surface area (Å²) in [4.78, 5) is 7.85. The topological polar surface area (TPSA) is 47.1 Å². The minimum Gasteiger partial charge on any atom is -0.490 e. The van der Waals surface area contributed by atoms with Crippen LogP contribution in [0.4, 0.5) is 13.2 Å². The largest absolute Gasteiger partial charge is 0.490 e. The van der Waals surface area contributed by atoms with Gasteiger partial charge in [-0.15, -0.1) is 0 Å². The van der Waals surface area contributed by atoms with Crippen molar-refractivity contribution in [1.29, 1.82) is 0 Å². The number of aromatic amines is 1. The Kier molecular flexibility index (Phi) is 5.35. The molecule has 0 radical (unpaired) electrons. The molecule has 4 aromatic rings. The first-order valence-electron chi connectivity index (χ1n) is 9.45. The highest BCUT2D eigenvalue weighted by molar-refractivity contribution is 5.79. The standard InChI is InChI=1S/C23H19F3N2O2/c1-2-29-21-13-16(22-27-18-8-3-4-9-19(18)28-22)10-11-20(21)30-14-15-6-5-7-17(12-15)23(24,25)26/h3-13H,2,14H2,1H3,(H,27,28). The average molecular weight is 412 g/mol. The number of imidazole rings is 1. The monoisotopic (exact) mass is 412 g/mol. The molecule has 3 aromatic carbocycles. The smallest absolute Gasteiger partial charge is 0.416 e. The normalized spacial score (nSPS) is 11.6. The predicted octanol–water partition coefficient (Wildman–Crippen LogP) is 6.23. The van der Waals surface area contributed by atoms with Gasteiger partial charge in [-0.25, -0.2) is 4.98 Å². The molecule has 0 saturated carbocycles. The van der Waals surface area contributed by atoms with Crippen molar-refractivity contribution in [2.24, 2.45) is 0 Å². The van der Waals surface area contributed by atoms with Crippen molar-refractivity contribution < 1.29 is 22.6 Å². The molecular formula is C23H19F3N2O2. The molecule has 0 bridgehead atoms. The fourth-order valence-electron chi connectivity index (χ4n) is 3.13. The van der Waals surface area contributed by atoms with Gasteiger partial charge in [-0.2, -0.15) is 13.2 Å². The van der Waals surface area contributed by atoms with Crippen molar-refractivity contribution in [3.8, 4) is 22.9 Å². The fraction of sp³-hybridized carbons (Fsp3) is 0.174. The number of para-hydroxylation sites is 2. The number of rotatable bonds is 6. The summed E-state index contributed by atoms with van der Waals surface area (Å²) < 4.78 is 50.2. The van der Waals surface area contributed by atoms with Gasteiger partial charge < -0.3 is 14.5 Å². The van der Waals surface area contributed by atoms with Gasteiger partial charge >= 0.3 is 6.18 Å². The van der Waals surface area contributed by atoms with Crippen LogP contribution < -0.4 is 9.47 Å². The first-order valence-corrected chi connectivity index (χ1v) is 9.45. The number of H-pyrrole nitrogens is 1. The molecule has 0 atom stereocenters. The third-order valence-electron chi connectivity index (χ3n) is 4.56. The summed E-state index contributed by atoms with van der Waals surface area (Å²) >= 11 is 0. The molecule has 0 spiro atoms. The second-order valence-corrected chi connectivity index (χ2v) is 6.68. The van der Waals surface area contributed by atoms with Crippen LogP contribution in [-0.2, 0) is 12.8 Å². The third kappa shape index (κ3) is 4.25. The molecule has 0 aliphatic rings. The van der Waals surface area contributed by atoms with E-state index in [0.29, 0.717) is 29.5 Å². The lowest BCUT2D eigenvalue weighted by Gasteiger charge is -2.14. The summed E-state index contributed by atoms with van der Waals surface area (Å²) in [6.45, 7) is 2.27. The minimum atomic E-state index is -4.39. The average Bonchev–Trinajstić information content (AvgIpc) is 3.17. The molecule has 0 amide bonds. The number of hydrogen-bond donors (Lipinski definition) is 1. The van der Waals surface area contributed by atoms with Crippen LogP contribution in [0.25, 0.3) is 22.4 Å². The molecule has 1 N–H and O–H groups in total. The molecule has 0 aliphatic heterocycles. The molecule has 0 unspecified atom stereocenters. The van der Waals surface area contributed by atoms with E-state index in [1.165, 1.54) is 6.07 Å². The summed E-state index contributed by atoms with van der Waals surface area (Å²) in [7, 11) is 0. The van der Waals surface area contributed by atoms with Crippen LogP contribution in [0, 0.1) is 0 Å². The van der Waals surface area contributed by atoms with E-state index in [4.69, 9.17) is 9.47 Å². The van der Waals surface area contributed by atoms with Gasteiger partial charge in [-0.05, 0) is 55.0 Å². The first-order chi connectivity index (χ1) is 14.4. The molecular weight excluding hydrogens is 393 g/mol. The van der Waals surface area contributed by atoms with E-state index < -0.39 is 11.7 Å². The molecule has 7 heteroatoms. The summed E-state index contributed by atoms with van der Waals surface area (Å²) in [5.41, 5.74) is 2.33. The van der Waals surface area contributed by atoms with Gasteiger partial charge in [0.25, 0.3) is 0 Å². The van der Waals surface area contributed by atoms with Crippen LogP contribution in [0.1, 0.15) is 18.1 Å². The highest BCUT2D eigenvalue weighted by Crippen LogP contribution is 2.34. The van der Waals surface area contributed by atoms with E-state index in [0.717, 1.165) is 28.7 Å². The van der Waals surface area contributed by atoms with E-state index in [1.54, 1.807) is 12.1 Å². The van der Waals surface area contributed by atoms with Gasteiger partial charge in [0.05, 0.1) is 23.2 Å². The number of alkyl halides is 3. The maximum absolute atomic E-state index is 12.9. The van der Waals surface area contributed by atoms with E-state index in [9.17, 15) is 13.2 Å². The van der Waals surface area contributed by atoms with E-state index in [2.05, 4.69) is 9.97 Å². The molecule has 0 fully saturated rings. The Labute approximate surface area is 171 Å². The molecule has 30 heavy (non-hydrogen) atoms. The highest BCUT2D eigenvalue weighted by Gasteiger charge is 2.30. The Morgan fingerprint density at radius 1 is 0.900 bits per heavy atom. The summed E-state index contributed by atoms with van der Waals surface area (Å²) in [6, 6.07) is 18.2. The molecule has 0 aliphatic carbocycles. The Balaban J connectivity index is 1.58. The van der Waals surface area contributed by atoms with Crippen LogP contribution in [-0.4, -0.2) is 16.6 Å². The molecule has 1 heterocycles. The lowest BCUT2D eigenvalue weighted by Crippen LogP contribution is -2.06. The lowest BCUT2D eigenvalue weighted by atomic mass is 10.1. The fourth-order valence-corrected chi connectivity index (χ4v) is 3.13. The van der Waals surface area contributed by atoms with Crippen molar-refractivity contribution in [2.45, 2.75) is 19.7 Å². The molecule has 1 aromatic heterocycles. The molecule has 4 nitrogen and oxygen atoms in total. The van der Waals surface area contributed by atoms with Gasteiger partial charge in [-0.1, -0.05) is 24.3 Å². The maximum atomic E-state index is 12.9. The SMILES string of the molecule is CCOc1cc(-c2nc3ccccc3[nH]2)ccc1OCc1cccc(C(F)(F)F)c1. The number of benzene rings is 3. The number of fused-ring (bicyclic) bond motifs is 1. The van der Waals surface area contributed by atoms with E-state index in [1.807, 2.05) is 43.3 Å². The van der Waals surface area contributed by atoms with Gasteiger partial charge in [-0.3, -0.25) is 0 Å². The summed E-state index contributed by atoms with van der Waals surface area (Å²) in [5, 5.41) is 0. The van der Waals surface area contributed by atoms with Crippen molar-refractivity contribution in [1.82, 2.24) is 9.97 Å². The zero-order valence-electron chi connectivity index (χ0n) is 16.2. The quantitative estimate of drug-likeness (QED) is 0.409. The molecule has 0 saturated heterocycles. The highest BCUT2D eigenvalue weighted by atomic mass is 19.4. The van der Waals surface area contributed by atoms with Crippen LogP contribution in [0.15, 0.2) is 66.7 Å². The number of hydrogen-bond acceptors (Lipinski definition) is 3. The predicted molar refractivity (Wildman–Crippen MR) is 108 cm³/mol. The second-order valence-electron chi connectivity index (χ2n) is 6.68. The number of nitrogens with one attached hydrogen (secondary N) is 1. The number of nitrogens with zero attached hydrogens (tertiary/aromatic N) is 1.